The lowest BCUT2D eigenvalue weighted by Crippen LogP contribution is -2.47. The van der Waals surface area contributed by atoms with Gasteiger partial charge in [-0.15, -0.1) is 0 Å². The molecule has 4 nitrogen and oxygen atoms in total. The average Bonchev–Trinajstić information content (AvgIpc) is 2.33. The van der Waals surface area contributed by atoms with Crippen molar-refractivity contribution in [3.8, 4) is 0 Å². The second-order valence-electron chi connectivity index (χ2n) is 5.67. The summed E-state index contributed by atoms with van der Waals surface area (Å²) in [6.45, 7) is 6.80. The van der Waals surface area contributed by atoms with Gasteiger partial charge >= 0.3 is 0 Å². The van der Waals surface area contributed by atoms with Gasteiger partial charge in [-0.1, -0.05) is 0 Å². The number of likely N-dealkylation sites (tertiary alicyclic amines) is 1. The lowest BCUT2D eigenvalue weighted by atomic mass is 9.90. The summed E-state index contributed by atoms with van der Waals surface area (Å²) < 4.78 is 5.51. The standard InChI is InChI=1S/C13H26N2O2/c1-10(16)11-2-5-15(6-3-11)8-12-9-17-7-4-13(12)14/h10-13,16H,2-9,14H2,1H3. The van der Waals surface area contributed by atoms with E-state index in [4.69, 9.17) is 10.5 Å². The zero-order valence-corrected chi connectivity index (χ0v) is 10.8. The smallest absolute Gasteiger partial charge is 0.0541 e. The lowest BCUT2D eigenvalue weighted by molar-refractivity contribution is 0.0132. The van der Waals surface area contributed by atoms with Crippen LogP contribution in [0.15, 0.2) is 0 Å². The van der Waals surface area contributed by atoms with Crippen LogP contribution in [0.2, 0.25) is 0 Å². The highest BCUT2D eigenvalue weighted by Gasteiger charge is 2.28. The monoisotopic (exact) mass is 242 g/mol. The summed E-state index contributed by atoms with van der Waals surface area (Å²) in [5.74, 6) is 0.981. The SMILES string of the molecule is CC(O)C1CCN(CC2COCCC2N)CC1. The van der Waals surface area contributed by atoms with Crippen LogP contribution in [0.5, 0.6) is 0 Å². The summed E-state index contributed by atoms with van der Waals surface area (Å²) in [6, 6.07) is 0.304. The lowest BCUT2D eigenvalue weighted by Gasteiger charge is -2.37. The molecule has 3 N–H and O–H groups in total. The fourth-order valence-electron chi connectivity index (χ4n) is 2.95. The van der Waals surface area contributed by atoms with E-state index in [1.165, 1.54) is 0 Å². The molecule has 2 fully saturated rings. The van der Waals surface area contributed by atoms with Crippen molar-refractivity contribution in [1.82, 2.24) is 4.90 Å². The molecule has 0 saturated carbocycles. The first-order chi connectivity index (χ1) is 8.16. The molecule has 4 heteroatoms. The van der Waals surface area contributed by atoms with E-state index in [2.05, 4.69) is 4.90 Å². The van der Waals surface area contributed by atoms with Crippen LogP contribution in [-0.2, 0) is 4.74 Å². The molecule has 0 spiro atoms. The van der Waals surface area contributed by atoms with Crippen molar-refractivity contribution in [1.29, 1.82) is 0 Å². The van der Waals surface area contributed by atoms with Gasteiger partial charge in [0, 0.05) is 25.1 Å². The van der Waals surface area contributed by atoms with Crippen LogP contribution in [0.4, 0.5) is 0 Å². The molecule has 2 saturated heterocycles. The first-order valence-electron chi connectivity index (χ1n) is 6.90. The van der Waals surface area contributed by atoms with Gasteiger partial charge in [-0.25, -0.2) is 0 Å². The van der Waals surface area contributed by atoms with E-state index in [0.29, 0.717) is 17.9 Å². The molecule has 2 heterocycles. The van der Waals surface area contributed by atoms with Crippen LogP contribution in [0.25, 0.3) is 0 Å². The molecule has 2 aliphatic heterocycles. The first kappa shape index (κ1) is 13.3. The van der Waals surface area contributed by atoms with Crippen LogP contribution >= 0.6 is 0 Å². The quantitative estimate of drug-likeness (QED) is 0.754. The summed E-state index contributed by atoms with van der Waals surface area (Å²) in [5, 5.41) is 9.57. The molecule has 17 heavy (non-hydrogen) atoms. The number of rotatable bonds is 3. The van der Waals surface area contributed by atoms with Crippen molar-refractivity contribution in [3.63, 3.8) is 0 Å². The van der Waals surface area contributed by atoms with Gasteiger partial charge in [0.15, 0.2) is 0 Å². The van der Waals surface area contributed by atoms with E-state index in [9.17, 15) is 5.11 Å². The molecule has 0 amide bonds. The molecule has 2 aliphatic rings. The van der Waals surface area contributed by atoms with Gasteiger partial charge in [-0.2, -0.15) is 0 Å². The van der Waals surface area contributed by atoms with Crippen LogP contribution in [0.3, 0.4) is 0 Å². The maximum Gasteiger partial charge on any atom is 0.0541 e. The number of aliphatic hydroxyl groups excluding tert-OH is 1. The molecule has 0 aromatic carbocycles. The molecule has 0 aromatic heterocycles. The third-order valence-electron chi connectivity index (χ3n) is 4.34. The van der Waals surface area contributed by atoms with E-state index < -0.39 is 0 Å². The molecule has 2 rings (SSSR count). The van der Waals surface area contributed by atoms with Gasteiger partial charge in [0.1, 0.15) is 0 Å². The second kappa shape index (κ2) is 6.14. The minimum absolute atomic E-state index is 0.155. The van der Waals surface area contributed by atoms with E-state index in [-0.39, 0.29) is 6.10 Å². The predicted molar refractivity (Wildman–Crippen MR) is 67.7 cm³/mol. The van der Waals surface area contributed by atoms with Gasteiger partial charge in [0.25, 0.3) is 0 Å². The number of hydrogen-bond donors (Lipinski definition) is 2. The minimum atomic E-state index is -0.155. The summed E-state index contributed by atoms with van der Waals surface area (Å²) >= 11 is 0. The summed E-state index contributed by atoms with van der Waals surface area (Å²) in [6.07, 6.45) is 3.06. The van der Waals surface area contributed by atoms with Gasteiger partial charge in [0.2, 0.25) is 0 Å². The third-order valence-corrected chi connectivity index (χ3v) is 4.34. The molecule has 100 valence electrons. The maximum absolute atomic E-state index is 9.57. The largest absolute Gasteiger partial charge is 0.393 e. The molecule has 0 radical (unpaired) electrons. The predicted octanol–water partition coefficient (Wildman–Crippen LogP) is 0.443. The van der Waals surface area contributed by atoms with Gasteiger partial charge < -0.3 is 20.5 Å². The van der Waals surface area contributed by atoms with Crippen LogP contribution < -0.4 is 5.73 Å². The summed E-state index contributed by atoms with van der Waals surface area (Å²) in [5.41, 5.74) is 6.13. The van der Waals surface area contributed by atoms with Crippen LogP contribution in [0.1, 0.15) is 26.2 Å². The van der Waals surface area contributed by atoms with E-state index in [1.807, 2.05) is 6.92 Å². The van der Waals surface area contributed by atoms with Crippen molar-refractivity contribution < 1.29 is 9.84 Å². The van der Waals surface area contributed by atoms with Crippen LogP contribution in [0, 0.1) is 11.8 Å². The van der Waals surface area contributed by atoms with E-state index in [1.54, 1.807) is 0 Å². The Balaban J connectivity index is 1.73. The topological polar surface area (TPSA) is 58.7 Å². The minimum Gasteiger partial charge on any atom is -0.393 e. The third kappa shape index (κ3) is 3.65. The van der Waals surface area contributed by atoms with Crippen molar-refractivity contribution in [2.45, 2.75) is 38.3 Å². The summed E-state index contributed by atoms with van der Waals surface area (Å²) in [4.78, 5) is 2.48. The van der Waals surface area contributed by atoms with Crippen molar-refractivity contribution >= 4 is 0 Å². The molecule has 0 aromatic rings. The molecule has 0 bridgehead atoms. The first-order valence-corrected chi connectivity index (χ1v) is 6.90. The molecular weight excluding hydrogens is 216 g/mol. The van der Waals surface area contributed by atoms with Gasteiger partial charge in [-0.05, 0) is 45.2 Å². The van der Waals surface area contributed by atoms with Crippen molar-refractivity contribution in [3.05, 3.63) is 0 Å². The Kier molecular flexibility index (Phi) is 4.79. The number of hydrogen-bond acceptors (Lipinski definition) is 4. The molecular formula is C13H26N2O2. The number of piperidine rings is 1. The molecule has 3 unspecified atom stereocenters. The Hall–Kier alpha value is -0.160. The van der Waals surface area contributed by atoms with E-state index in [0.717, 1.165) is 52.1 Å². The number of aliphatic hydroxyl groups is 1. The van der Waals surface area contributed by atoms with E-state index >= 15 is 0 Å². The highest BCUT2D eigenvalue weighted by atomic mass is 16.5. The zero-order chi connectivity index (χ0) is 12.3. The van der Waals surface area contributed by atoms with Gasteiger partial charge in [0.05, 0.1) is 12.7 Å². The second-order valence-corrected chi connectivity index (χ2v) is 5.67. The fourth-order valence-corrected chi connectivity index (χ4v) is 2.95. The number of nitrogens with zero attached hydrogens (tertiary/aromatic N) is 1. The molecule has 0 aliphatic carbocycles. The Morgan fingerprint density at radius 2 is 2.06 bits per heavy atom. The molecule has 3 atom stereocenters. The number of ether oxygens (including phenoxy) is 1. The normalized spacial score (nSPS) is 34.8. The Bertz CT molecular complexity index is 227. The highest BCUT2D eigenvalue weighted by Crippen LogP contribution is 2.22. The maximum atomic E-state index is 9.57. The summed E-state index contributed by atoms with van der Waals surface area (Å²) in [7, 11) is 0. The Morgan fingerprint density at radius 1 is 1.35 bits per heavy atom. The van der Waals surface area contributed by atoms with Crippen molar-refractivity contribution in [2.75, 3.05) is 32.8 Å². The average molecular weight is 242 g/mol. The fraction of sp³-hybridized carbons (Fsp3) is 1.00. The van der Waals surface area contributed by atoms with Crippen LogP contribution in [-0.4, -0.2) is 55.0 Å². The number of nitrogens with two attached hydrogens (primary N) is 1. The Morgan fingerprint density at radius 3 is 2.65 bits per heavy atom. The zero-order valence-electron chi connectivity index (χ0n) is 10.8. The van der Waals surface area contributed by atoms with Gasteiger partial charge in [-0.3, -0.25) is 0 Å². The Labute approximate surface area is 104 Å². The van der Waals surface area contributed by atoms with Crippen molar-refractivity contribution in [2.24, 2.45) is 17.6 Å². The highest BCUT2D eigenvalue weighted by molar-refractivity contribution is 4.82.